The Hall–Kier alpha value is -3.15. The van der Waals surface area contributed by atoms with Gasteiger partial charge < -0.3 is 14.8 Å². The molecule has 1 unspecified atom stereocenters. The van der Waals surface area contributed by atoms with Crippen LogP contribution in [0, 0.1) is 0 Å². The zero-order valence-corrected chi connectivity index (χ0v) is 14.5. The van der Waals surface area contributed by atoms with Crippen LogP contribution in [-0.4, -0.2) is 44.5 Å². The molecule has 0 radical (unpaired) electrons. The van der Waals surface area contributed by atoms with Gasteiger partial charge in [0, 0.05) is 43.4 Å². The fraction of sp³-hybridized carbons (Fsp3) is 0.250. The first-order valence-corrected chi connectivity index (χ1v) is 8.85. The maximum absolute atomic E-state index is 12.9. The quantitative estimate of drug-likeness (QED) is 0.788. The van der Waals surface area contributed by atoms with E-state index in [1.165, 1.54) is 0 Å². The highest BCUT2D eigenvalue weighted by Gasteiger charge is 2.25. The lowest BCUT2D eigenvalue weighted by Crippen LogP contribution is -2.45. The third-order valence-corrected chi connectivity index (χ3v) is 4.62. The lowest BCUT2D eigenvalue weighted by Gasteiger charge is -2.33. The molecule has 3 heterocycles. The predicted octanol–water partition coefficient (Wildman–Crippen LogP) is 2.98. The van der Waals surface area contributed by atoms with Gasteiger partial charge in [-0.1, -0.05) is 18.2 Å². The molecular formula is C20H21N5O. The molecule has 3 aromatic rings. The van der Waals surface area contributed by atoms with Gasteiger partial charge in [-0.3, -0.25) is 9.78 Å². The summed E-state index contributed by atoms with van der Waals surface area (Å²) >= 11 is 0. The summed E-state index contributed by atoms with van der Waals surface area (Å²) in [5, 5.41) is 3.52. The van der Waals surface area contributed by atoms with Crippen molar-refractivity contribution in [2.75, 3.05) is 18.4 Å². The molecule has 1 fully saturated rings. The highest BCUT2D eigenvalue weighted by Crippen LogP contribution is 2.18. The van der Waals surface area contributed by atoms with Crippen LogP contribution in [0.25, 0.3) is 5.69 Å². The van der Waals surface area contributed by atoms with E-state index in [1.807, 2.05) is 46.0 Å². The molecule has 6 heteroatoms. The first kappa shape index (κ1) is 16.3. The van der Waals surface area contributed by atoms with Crippen molar-refractivity contribution in [3.05, 3.63) is 73.1 Å². The van der Waals surface area contributed by atoms with Crippen LogP contribution in [-0.2, 0) is 0 Å². The summed E-state index contributed by atoms with van der Waals surface area (Å²) < 4.78 is 1.87. The maximum Gasteiger partial charge on any atom is 0.272 e. The lowest BCUT2D eigenvalue weighted by atomic mass is 10.0. The third kappa shape index (κ3) is 3.59. The van der Waals surface area contributed by atoms with E-state index in [1.54, 1.807) is 18.7 Å². The van der Waals surface area contributed by atoms with E-state index < -0.39 is 0 Å². The van der Waals surface area contributed by atoms with Crippen LogP contribution in [0.1, 0.15) is 23.3 Å². The molecule has 0 spiro atoms. The molecular weight excluding hydrogens is 326 g/mol. The van der Waals surface area contributed by atoms with Gasteiger partial charge in [0.2, 0.25) is 0 Å². The number of imidazole rings is 1. The van der Waals surface area contributed by atoms with E-state index in [9.17, 15) is 4.79 Å². The number of pyridine rings is 1. The minimum atomic E-state index is -0.0217. The highest BCUT2D eigenvalue weighted by atomic mass is 16.2. The molecule has 1 N–H and O–H groups in total. The first-order chi connectivity index (χ1) is 12.8. The minimum absolute atomic E-state index is 0.0217. The maximum atomic E-state index is 12.9. The molecule has 1 aromatic carbocycles. The molecule has 26 heavy (non-hydrogen) atoms. The third-order valence-electron chi connectivity index (χ3n) is 4.62. The van der Waals surface area contributed by atoms with Gasteiger partial charge in [0.15, 0.2) is 0 Å². The Labute approximate surface area is 152 Å². The number of aromatic nitrogens is 3. The second-order valence-electron chi connectivity index (χ2n) is 6.47. The van der Waals surface area contributed by atoms with Crippen molar-refractivity contribution < 1.29 is 4.79 Å². The lowest BCUT2D eigenvalue weighted by molar-refractivity contribution is 0.0709. The molecule has 1 saturated heterocycles. The number of benzene rings is 1. The van der Waals surface area contributed by atoms with Gasteiger partial charge in [-0.25, -0.2) is 4.98 Å². The number of hydrogen-bond donors (Lipinski definition) is 1. The normalized spacial score (nSPS) is 17.1. The van der Waals surface area contributed by atoms with Crippen molar-refractivity contribution in [2.24, 2.45) is 0 Å². The molecule has 2 aromatic heterocycles. The number of amides is 1. The second kappa shape index (κ2) is 7.39. The summed E-state index contributed by atoms with van der Waals surface area (Å²) in [4.78, 5) is 23.2. The number of rotatable bonds is 4. The summed E-state index contributed by atoms with van der Waals surface area (Å²) in [6.07, 6.45) is 8.99. The molecule has 0 bridgehead atoms. The SMILES string of the molecule is O=C(c1cc(-n2ccnc2)ccn1)N1CCCC(Nc2ccccc2)C1. The first-order valence-electron chi connectivity index (χ1n) is 8.85. The average molecular weight is 347 g/mol. The summed E-state index contributed by atoms with van der Waals surface area (Å²) in [6, 6.07) is 14.1. The number of nitrogens with zero attached hydrogens (tertiary/aromatic N) is 4. The van der Waals surface area contributed by atoms with Crippen molar-refractivity contribution in [1.29, 1.82) is 0 Å². The van der Waals surface area contributed by atoms with Crippen LogP contribution in [0.3, 0.4) is 0 Å². The van der Waals surface area contributed by atoms with E-state index in [4.69, 9.17) is 0 Å². The topological polar surface area (TPSA) is 63.1 Å². The Morgan fingerprint density at radius 2 is 2.04 bits per heavy atom. The Balaban J connectivity index is 1.47. The van der Waals surface area contributed by atoms with Crippen LogP contribution >= 0.6 is 0 Å². The number of para-hydroxylation sites is 1. The standard InChI is InChI=1S/C20H21N5O/c26-20(19-13-18(8-9-22-19)25-12-10-21-15-25)24-11-4-7-17(14-24)23-16-5-2-1-3-6-16/h1-3,5-6,8-10,12-13,15,17,23H,4,7,11,14H2. The molecule has 1 aliphatic rings. The van der Waals surface area contributed by atoms with Crippen molar-refractivity contribution >= 4 is 11.6 Å². The van der Waals surface area contributed by atoms with Crippen LogP contribution in [0.15, 0.2) is 67.4 Å². The number of hydrogen-bond acceptors (Lipinski definition) is 4. The fourth-order valence-corrected chi connectivity index (χ4v) is 3.32. The van der Waals surface area contributed by atoms with Crippen molar-refractivity contribution in [3.63, 3.8) is 0 Å². The second-order valence-corrected chi connectivity index (χ2v) is 6.47. The van der Waals surface area contributed by atoms with Gasteiger partial charge in [-0.2, -0.15) is 0 Å². The zero-order chi connectivity index (χ0) is 17.8. The smallest absolute Gasteiger partial charge is 0.272 e. The fourth-order valence-electron chi connectivity index (χ4n) is 3.32. The molecule has 6 nitrogen and oxygen atoms in total. The number of carbonyl (C=O) groups is 1. The Morgan fingerprint density at radius 3 is 2.85 bits per heavy atom. The number of likely N-dealkylation sites (tertiary alicyclic amines) is 1. The van der Waals surface area contributed by atoms with E-state index in [0.717, 1.165) is 30.8 Å². The zero-order valence-electron chi connectivity index (χ0n) is 14.5. The molecule has 4 rings (SSSR count). The van der Waals surface area contributed by atoms with Gasteiger partial charge in [0.25, 0.3) is 5.91 Å². The molecule has 1 atom stereocenters. The summed E-state index contributed by atoms with van der Waals surface area (Å²) in [6.45, 7) is 1.45. The Morgan fingerprint density at radius 1 is 1.15 bits per heavy atom. The number of nitrogens with one attached hydrogen (secondary N) is 1. The number of anilines is 1. The van der Waals surface area contributed by atoms with Crippen LogP contribution in [0.2, 0.25) is 0 Å². The van der Waals surface area contributed by atoms with Gasteiger partial charge >= 0.3 is 0 Å². The van der Waals surface area contributed by atoms with Gasteiger partial charge in [-0.15, -0.1) is 0 Å². The van der Waals surface area contributed by atoms with Gasteiger partial charge in [-0.05, 0) is 37.1 Å². The molecule has 0 saturated carbocycles. The Bertz CT molecular complexity index is 863. The van der Waals surface area contributed by atoms with E-state index in [2.05, 4.69) is 27.4 Å². The minimum Gasteiger partial charge on any atom is -0.381 e. The highest BCUT2D eigenvalue weighted by molar-refractivity contribution is 5.93. The number of carbonyl (C=O) groups excluding carboxylic acids is 1. The van der Waals surface area contributed by atoms with Crippen LogP contribution in [0.4, 0.5) is 5.69 Å². The van der Waals surface area contributed by atoms with Gasteiger partial charge in [0.05, 0.1) is 12.0 Å². The summed E-state index contributed by atoms with van der Waals surface area (Å²) in [5.74, 6) is -0.0217. The van der Waals surface area contributed by atoms with E-state index in [0.29, 0.717) is 12.2 Å². The largest absolute Gasteiger partial charge is 0.381 e. The summed E-state index contributed by atoms with van der Waals surface area (Å²) in [5.41, 5.74) is 2.44. The van der Waals surface area contributed by atoms with Crippen molar-refractivity contribution in [3.8, 4) is 5.69 Å². The van der Waals surface area contributed by atoms with Crippen LogP contribution in [0.5, 0.6) is 0 Å². The molecule has 132 valence electrons. The van der Waals surface area contributed by atoms with Gasteiger partial charge in [0.1, 0.15) is 5.69 Å². The average Bonchev–Trinajstić information content (AvgIpc) is 3.23. The van der Waals surface area contributed by atoms with Crippen LogP contribution < -0.4 is 5.32 Å². The van der Waals surface area contributed by atoms with E-state index >= 15 is 0 Å². The summed E-state index contributed by atoms with van der Waals surface area (Å²) in [7, 11) is 0. The van der Waals surface area contributed by atoms with E-state index in [-0.39, 0.29) is 11.9 Å². The molecule has 0 aliphatic carbocycles. The Kier molecular flexibility index (Phi) is 4.64. The number of piperidine rings is 1. The van der Waals surface area contributed by atoms with Crippen molar-refractivity contribution in [1.82, 2.24) is 19.4 Å². The monoisotopic (exact) mass is 347 g/mol. The molecule has 1 amide bonds. The van der Waals surface area contributed by atoms with Crippen molar-refractivity contribution in [2.45, 2.75) is 18.9 Å². The molecule has 1 aliphatic heterocycles. The predicted molar refractivity (Wildman–Crippen MR) is 100 cm³/mol.